The molecule has 1 aromatic rings. The molecule has 2 rings (SSSR count). The zero-order valence-corrected chi connectivity index (χ0v) is 10.4. The van der Waals surface area contributed by atoms with Gasteiger partial charge in [0.25, 0.3) is 0 Å². The van der Waals surface area contributed by atoms with Gasteiger partial charge in [-0.1, -0.05) is 0 Å². The van der Waals surface area contributed by atoms with Gasteiger partial charge in [0, 0.05) is 6.54 Å². The number of hydrogen-bond donors (Lipinski definition) is 2. The molecule has 114 valence electrons. The molecular formula is C11H9F3N2O5. The lowest BCUT2D eigenvalue weighted by Crippen LogP contribution is -2.48. The molecule has 0 saturated heterocycles. The monoisotopic (exact) mass is 306 g/mol. The molecule has 0 radical (unpaired) electrons. The lowest BCUT2D eigenvalue weighted by Gasteiger charge is -2.25. The van der Waals surface area contributed by atoms with Crippen molar-refractivity contribution in [2.45, 2.75) is 19.1 Å². The second-order valence-electron chi connectivity index (χ2n) is 4.44. The highest BCUT2D eigenvalue weighted by molar-refractivity contribution is 6.14. The Morgan fingerprint density at radius 1 is 1.24 bits per heavy atom. The van der Waals surface area contributed by atoms with Crippen LogP contribution >= 0.6 is 0 Å². The normalized spacial score (nSPS) is 18.8. The van der Waals surface area contributed by atoms with Crippen LogP contribution in [0.4, 0.5) is 13.2 Å². The largest absolute Gasteiger partial charge is 0.405 e. The zero-order valence-electron chi connectivity index (χ0n) is 10.4. The summed E-state index contributed by atoms with van der Waals surface area (Å²) in [5.41, 5.74) is -3.46. The summed E-state index contributed by atoms with van der Waals surface area (Å²) >= 11 is 0. The Bertz CT molecular complexity index is 731. The van der Waals surface area contributed by atoms with Crippen LogP contribution in [0.15, 0.2) is 9.59 Å². The number of aromatic amines is 1. The first-order valence-corrected chi connectivity index (χ1v) is 5.79. The van der Waals surface area contributed by atoms with Crippen molar-refractivity contribution in [3.05, 3.63) is 32.1 Å². The van der Waals surface area contributed by atoms with Gasteiger partial charge >= 0.3 is 17.3 Å². The second-order valence-corrected chi connectivity index (χ2v) is 4.44. The van der Waals surface area contributed by atoms with Crippen molar-refractivity contribution in [3.63, 3.8) is 0 Å². The Morgan fingerprint density at radius 2 is 1.86 bits per heavy atom. The number of carbonyl (C=O) groups is 2. The fourth-order valence-electron chi connectivity index (χ4n) is 2.23. The van der Waals surface area contributed by atoms with E-state index in [9.17, 15) is 32.3 Å². The summed E-state index contributed by atoms with van der Waals surface area (Å²) in [6, 6.07) is 0. The van der Waals surface area contributed by atoms with E-state index >= 15 is 0 Å². The molecule has 0 fully saturated rings. The van der Waals surface area contributed by atoms with Crippen molar-refractivity contribution < 1.29 is 27.9 Å². The number of aliphatic hydroxyl groups is 1. The Kier molecular flexibility index (Phi) is 3.58. The van der Waals surface area contributed by atoms with E-state index in [0.717, 1.165) is 0 Å². The lowest BCUT2D eigenvalue weighted by molar-refractivity contribution is -0.170. The van der Waals surface area contributed by atoms with Crippen molar-refractivity contribution in [1.82, 2.24) is 9.55 Å². The number of halogens is 3. The highest BCUT2D eigenvalue weighted by atomic mass is 19.4. The van der Waals surface area contributed by atoms with E-state index in [4.69, 9.17) is 5.11 Å². The van der Waals surface area contributed by atoms with E-state index in [2.05, 4.69) is 0 Å². The first-order valence-electron chi connectivity index (χ1n) is 5.79. The molecule has 0 bridgehead atoms. The molecule has 1 unspecified atom stereocenters. The number of hydrogen-bond acceptors (Lipinski definition) is 5. The van der Waals surface area contributed by atoms with E-state index in [1.54, 1.807) is 4.98 Å². The van der Waals surface area contributed by atoms with E-state index < -0.39 is 60.0 Å². The van der Waals surface area contributed by atoms with Crippen molar-refractivity contribution in [2.24, 2.45) is 5.92 Å². The van der Waals surface area contributed by atoms with Gasteiger partial charge in [-0.15, -0.1) is 0 Å². The minimum atomic E-state index is -5.07. The Morgan fingerprint density at radius 3 is 2.38 bits per heavy atom. The van der Waals surface area contributed by atoms with E-state index in [-0.39, 0.29) is 5.69 Å². The minimum Gasteiger partial charge on any atom is -0.395 e. The molecule has 0 aromatic carbocycles. The predicted molar refractivity (Wildman–Crippen MR) is 61.0 cm³/mol. The number of rotatable bonds is 2. The Hall–Kier alpha value is -2.23. The first kappa shape index (κ1) is 15.2. The van der Waals surface area contributed by atoms with Crippen LogP contribution in [0.1, 0.15) is 16.2 Å². The molecule has 1 atom stereocenters. The number of alkyl halides is 3. The smallest absolute Gasteiger partial charge is 0.395 e. The molecule has 0 aliphatic heterocycles. The summed E-state index contributed by atoms with van der Waals surface area (Å²) < 4.78 is 38.8. The second kappa shape index (κ2) is 4.95. The summed E-state index contributed by atoms with van der Waals surface area (Å²) in [4.78, 5) is 48.1. The fourth-order valence-corrected chi connectivity index (χ4v) is 2.23. The molecule has 21 heavy (non-hydrogen) atoms. The van der Waals surface area contributed by atoms with Crippen LogP contribution in [-0.2, 0) is 17.8 Å². The van der Waals surface area contributed by atoms with E-state index in [0.29, 0.717) is 4.57 Å². The SMILES string of the molecule is O=C1Cc2c([nH]c(=O)c(=O)n2CCO)C(=O)C1C(F)(F)F. The van der Waals surface area contributed by atoms with Gasteiger partial charge in [0.15, 0.2) is 11.7 Å². The Balaban J connectivity index is 2.71. The number of aliphatic hydroxyl groups excluding tert-OH is 1. The summed E-state index contributed by atoms with van der Waals surface area (Å²) in [5.74, 6) is -5.85. The number of nitrogens with zero attached hydrogens (tertiary/aromatic N) is 1. The molecule has 0 saturated carbocycles. The Labute approximate surface area is 114 Å². The zero-order chi connectivity index (χ0) is 15.9. The van der Waals surface area contributed by atoms with Crippen LogP contribution in [0.25, 0.3) is 0 Å². The van der Waals surface area contributed by atoms with Crippen molar-refractivity contribution >= 4 is 11.6 Å². The number of H-pyrrole nitrogens is 1. The van der Waals surface area contributed by atoms with Gasteiger partial charge in [-0.3, -0.25) is 19.2 Å². The number of carbonyl (C=O) groups excluding carboxylic acids is 2. The lowest BCUT2D eigenvalue weighted by atomic mass is 9.86. The highest BCUT2D eigenvalue weighted by Gasteiger charge is 2.53. The standard InChI is InChI=1S/C11H9F3N2O5/c12-11(13,14)6-5(18)3-4-7(8(6)19)15-9(20)10(21)16(4)1-2-17/h6,17H,1-3H2,(H,15,20). The molecule has 1 aliphatic carbocycles. The average Bonchev–Trinajstić information content (AvgIpc) is 2.35. The number of ketones is 2. The van der Waals surface area contributed by atoms with Crippen LogP contribution in [0.5, 0.6) is 0 Å². The van der Waals surface area contributed by atoms with Crippen LogP contribution in [0.3, 0.4) is 0 Å². The molecule has 2 N–H and O–H groups in total. The maximum atomic E-state index is 12.7. The van der Waals surface area contributed by atoms with Crippen molar-refractivity contribution in [1.29, 1.82) is 0 Å². The molecule has 10 heteroatoms. The van der Waals surface area contributed by atoms with Gasteiger partial charge in [0.05, 0.1) is 18.7 Å². The van der Waals surface area contributed by atoms with Crippen molar-refractivity contribution in [2.75, 3.05) is 6.61 Å². The maximum absolute atomic E-state index is 12.7. The quantitative estimate of drug-likeness (QED) is 0.539. The third-order valence-corrected chi connectivity index (χ3v) is 3.12. The van der Waals surface area contributed by atoms with Gasteiger partial charge in [0.1, 0.15) is 5.69 Å². The first-order chi connectivity index (χ1) is 9.68. The van der Waals surface area contributed by atoms with Crippen LogP contribution < -0.4 is 11.1 Å². The highest BCUT2D eigenvalue weighted by Crippen LogP contribution is 2.33. The topological polar surface area (TPSA) is 109 Å². The number of Topliss-reactive ketones (excluding diaryl/α,β-unsaturated/α-hetero) is 2. The molecule has 1 aromatic heterocycles. The minimum absolute atomic E-state index is 0.316. The molecule has 7 nitrogen and oxygen atoms in total. The predicted octanol–water partition coefficient (Wildman–Crippen LogP) is -0.985. The van der Waals surface area contributed by atoms with Crippen LogP contribution in [-0.4, -0.2) is 39.0 Å². The van der Waals surface area contributed by atoms with Crippen molar-refractivity contribution in [3.8, 4) is 0 Å². The van der Waals surface area contributed by atoms with Gasteiger partial charge in [-0.2, -0.15) is 13.2 Å². The molecule has 1 heterocycles. The van der Waals surface area contributed by atoms with E-state index in [1.807, 2.05) is 0 Å². The summed E-state index contributed by atoms with van der Waals surface area (Å²) in [6.07, 6.45) is -5.89. The molecule has 0 spiro atoms. The molecule has 0 amide bonds. The molecule has 1 aliphatic rings. The van der Waals surface area contributed by atoms with Gasteiger partial charge in [-0.05, 0) is 0 Å². The molecular weight excluding hydrogens is 297 g/mol. The summed E-state index contributed by atoms with van der Waals surface area (Å²) in [5, 5.41) is 8.83. The number of aromatic nitrogens is 2. The van der Waals surface area contributed by atoms with Gasteiger partial charge in [0.2, 0.25) is 5.78 Å². The summed E-state index contributed by atoms with van der Waals surface area (Å²) in [6.45, 7) is -0.983. The fraction of sp³-hybridized carbons (Fsp3) is 0.455. The number of nitrogens with one attached hydrogen (secondary N) is 1. The third-order valence-electron chi connectivity index (χ3n) is 3.12. The summed E-state index contributed by atoms with van der Waals surface area (Å²) in [7, 11) is 0. The number of fused-ring (bicyclic) bond motifs is 1. The van der Waals surface area contributed by atoms with Crippen LogP contribution in [0, 0.1) is 5.92 Å². The third kappa shape index (κ3) is 2.42. The van der Waals surface area contributed by atoms with E-state index in [1.165, 1.54) is 0 Å². The van der Waals surface area contributed by atoms with Gasteiger partial charge in [-0.25, -0.2) is 0 Å². The van der Waals surface area contributed by atoms with Gasteiger partial charge < -0.3 is 14.7 Å². The maximum Gasteiger partial charge on any atom is 0.405 e. The van der Waals surface area contributed by atoms with Crippen LogP contribution in [0.2, 0.25) is 0 Å². The average molecular weight is 306 g/mol.